The summed E-state index contributed by atoms with van der Waals surface area (Å²) in [6.45, 7) is 0. The summed E-state index contributed by atoms with van der Waals surface area (Å²) < 4.78 is 63.8. The van der Waals surface area contributed by atoms with Gasteiger partial charge in [-0.3, -0.25) is 0 Å². The van der Waals surface area contributed by atoms with Gasteiger partial charge in [-0.15, -0.1) is 22.7 Å². The Hall–Kier alpha value is -6.00. The number of thiophene rings is 2. The molecule has 0 unspecified atom stereocenters. The minimum atomic E-state index is -0.384. The van der Waals surface area contributed by atoms with Crippen molar-refractivity contribution < 1.29 is 9.60 Å². The van der Waals surface area contributed by atoms with Crippen molar-refractivity contribution in [3.05, 3.63) is 188 Å². The minimum absolute atomic E-state index is 0.121. The molecule has 0 spiro atoms. The van der Waals surface area contributed by atoms with Crippen molar-refractivity contribution in [3.8, 4) is 33.4 Å². The molecule has 0 aliphatic rings. The lowest BCUT2D eigenvalue weighted by Gasteiger charge is -2.27. The quantitative estimate of drug-likeness (QED) is 0.168. The van der Waals surface area contributed by atoms with Crippen LogP contribution in [0.15, 0.2) is 188 Å². The van der Waals surface area contributed by atoms with Gasteiger partial charge in [-0.2, -0.15) is 0 Å². The van der Waals surface area contributed by atoms with Crippen molar-refractivity contribution in [1.82, 2.24) is 0 Å². The van der Waals surface area contributed by atoms with Crippen LogP contribution >= 0.6 is 22.7 Å². The summed E-state index contributed by atoms with van der Waals surface area (Å²) in [5.41, 5.74) is 8.47. The first-order valence-corrected chi connectivity index (χ1v) is 18.3. The molecule has 3 heteroatoms. The second-order valence-corrected chi connectivity index (χ2v) is 14.4. The molecule has 0 aliphatic carbocycles. The van der Waals surface area contributed by atoms with Gasteiger partial charge in [0, 0.05) is 47.0 Å². The Kier molecular flexibility index (Phi) is 5.69. The maximum absolute atomic E-state index is 9.08. The van der Waals surface area contributed by atoms with Gasteiger partial charge in [0.1, 0.15) is 0 Å². The van der Waals surface area contributed by atoms with Crippen molar-refractivity contribution in [2.75, 3.05) is 4.90 Å². The molecule has 10 aromatic rings. The topological polar surface area (TPSA) is 3.24 Å². The predicted octanol–water partition coefficient (Wildman–Crippen LogP) is 14.9. The Bertz CT molecular complexity index is 3230. The van der Waals surface area contributed by atoms with E-state index in [-0.39, 0.29) is 53.1 Å². The van der Waals surface area contributed by atoms with E-state index < -0.39 is 0 Å². The van der Waals surface area contributed by atoms with Crippen molar-refractivity contribution in [1.29, 1.82) is 0 Å². The molecule has 240 valence electrons. The number of fused-ring (bicyclic) bond motifs is 6. The average molecular weight is 693 g/mol. The molecule has 0 fully saturated rings. The molecular formula is C48H31NS2. The Morgan fingerprint density at radius 2 is 0.980 bits per heavy atom. The molecule has 2 heterocycles. The highest BCUT2D eigenvalue weighted by atomic mass is 32.1. The van der Waals surface area contributed by atoms with Gasteiger partial charge < -0.3 is 4.90 Å². The summed E-state index contributed by atoms with van der Waals surface area (Å²) in [4.78, 5) is 2.26. The van der Waals surface area contributed by atoms with E-state index in [4.69, 9.17) is 9.60 Å². The van der Waals surface area contributed by atoms with Crippen LogP contribution in [0, 0.1) is 0 Å². The van der Waals surface area contributed by atoms with Crippen LogP contribution in [0.25, 0.3) is 73.7 Å². The van der Waals surface area contributed by atoms with Crippen LogP contribution in [0.4, 0.5) is 17.1 Å². The smallest absolute Gasteiger partial charge is 0.0640 e. The van der Waals surface area contributed by atoms with Crippen molar-refractivity contribution in [3.63, 3.8) is 0 Å². The van der Waals surface area contributed by atoms with Crippen molar-refractivity contribution >= 4 is 80.1 Å². The van der Waals surface area contributed by atoms with E-state index in [0.717, 1.165) is 55.4 Å². The van der Waals surface area contributed by atoms with Crippen LogP contribution in [-0.2, 0) is 0 Å². The molecule has 0 radical (unpaired) electrons. The fourth-order valence-corrected chi connectivity index (χ4v) is 9.34. The molecule has 8 aromatic carbocycles. The normalized spacial score (nSPS) is 13.5. The number of hydrogen-bond acceptors (Lipinski definition) is 3. The summed E-state index contributed by atoms with van der Waals surface area (Å²) in [5.74, 6) is 0. The van der Waals surface area contributed by atoms with Gasteiger partial charge in [0.05, 0.1) is 20.0 Å². The van der Waals surface area contributed by atoms with Crippen LogP contribution < -0.4 is 4.90 Å². The van der Waals surface area contributed by atoms with E-state index in [2.05, 4.69) is 102 Å². The molecule has 0 saturated carbocycles. The lowest BCUT2D eigenvalue weighted by atomic mass is 9.98. The zero-order valence-corrected chi connectivity index (χ0v) is 28.8. The largest absolute Gasteiger partial charge is 0.309 e. The number of rotatable bonds is 6. The number of benzene rings is 8. The molecule has 1 nitrogen and oxygen atoms in total. The minimum Gasteiger partial charge on any atom is -0.309 e. The van der Waals surface area contributed by atoms with Crippen LogP contribution in [0.2, 0.25) is 0 Å². The highest BCUT2D eigenvalue weighted by Crippen LogP contribution is 2.49. The van der Waals surface area contributed by atoms with Gasteiger partial charge in [0.25, 0.3) is 0 Å². The fraction of sp³-hybridized carbons (Fsp3) is 0. The maximum atomic E-state index is 9.08. The third-order valence-corrected chi connectivity index (χ3v) is 11.7. The first-order valence-electron chi connectivity index (χ1n) is 20.2. The van der Waals surface area contributed by atoms with Crippen LogP contribution in [0.5, 0.6) is 0 Å². The highest BCUT2D eigenvalue weighted by molar-refractivity contribution is 7.26. The van der Waals surface area contributed by atoms with E-state index in [1.165, 1.54) is 15.5 Å². The second kappa shape index (κ2) is 12.4. The zero-order valence-electron chi connectivity index (χ0n) is 34.1. The standard InChI is InChI=1S/C48H31NS2/c1-3-12-32(13-4-1)33-22-26-36(27-23-33)49(37-28-24-35(25-29-37)39-18-11-19-41-40-16-7-9-20-44(40)50-47(39)41)43-31-30-38(34-14-5-2-6-15-34)46-42-17-8-10-21-45(42)51-48(43)46/h1-31H/i7D,9D,11D,16D,18D,19D,20D. The molecule has 51 heavy (non-hydrogen) atoms. The first-order chi connectivity index (χ1) is 28.2. The Labute approximate surface area is 314 Å². The van der Waals surface area contributed by atoms with Crippen molar-refractivity contribution in [2.24, 2.45) is 0 Å². The molecule has 0 bridgehead atoms. The molecule has 10 rings (SSSR count). The summed E-state index contributed by atoms with van der Waals surface area (Å²) in [6, 6.07) is 48.4. The molecule has 0 N–H and O–H groups in total. The summed E-state index contributed by atoms with van der Waals surface area (Å²) in [7, 11) is 0. The van der Waals surface area contributed by atoms with Gasteiger partial charge in [0.15, 0.2) is 0 Å². The third-order valence-electron chi connectivity index (χ3n) is 9.41. The molecule has 2 aromatic heterocycles. The lowest BCUT2D eigenvalue weighted by molar-refractivity contribution is 1.30. The first kappa shape index (κ1) is 23.4. The van der Waals surface area contributed by atoms with Crippen molar-refractivity contribution in [2.45, 2.75) is 0 Å². The number of anilines is 3. The lowest BCUT2D eigenvalue weighted by Crippen LogP contribution is -2.10. The van der Waals surface area contributed by atoms with E-state index >= 15 is 0 Å². The van der Waals surface area contributed by atoms with Crippen LogP contribution in [0.3, 0.4) is 0 Å². The van der Waals surface area contributed by atoms with E-state index in [1.54, 1.807) is 11.3 Å². The Morgan fingerprint density at radius 1 is 0.392 bits per heavy atom. The summed E-state index contributed by atoms with van der Waals surface area (Å²) >= 11 is 2.91. The van der Waals surface area contributed by atoms with E-state index in [9.17, 15) is 0 Å². The fourth-order valence-electron chi connectivity index (χ4n) is 7.02. The predicted molar refractivity (Wildman–Crippen MR) is 223 cm³/mol. The SMILES string of the molecule is [2H]c1c([2H])c([2H])c2c(sc3c(-c4ccc(N(c5ccc(-c6ccccc6)cc5)c5ccc(-c6ccccc6)c6c5sc5ccccc56)cc4)c([2H])c([2H])c([2H])c32)c1[2H]. The van der Waals surface area contributed by atoms with Crippen LogP contribution in [0.1, 0.15) is 9.60 Å². The molecular weight excluding hydrogens is 655 g/mol. The van der Waals surface area contributed by atoms with Gasteiger partial charge in [0.2, 0.25) is 0 Å². The Balaban J connectivity index is 1.19. The molecule has 0 atom stereocenters. The van der Waals surface area contributed by atoms with Gasteiger partial charge in [-0.25, -0.2) is 0 Å². The maximum Gasteiger partial charge on any atom is 0.0640 e. The Morgan fingerprint density at radius 3 is 1.75 bits per heavy atom. The number of hydrogen-bond donors (Lipinski definition) is 0. The third kappa shape index (κ3) is 5.13. The van der Waals surface area contributed by atoms with Gasteiger partial charge in [-0.05, 0) is 75.8 Å². The number of nitrogens with zero attached hydrogens (tertiary/aromatic N) is 1. The van der Waals surface area contributed by atoms with Crippen LogP contribution in [-0.4, -0.2) is 0 Å². The van der Waals surface area contributed by atoms with Gasteiger partial charge >= 0.3 is 0 Å². The second-order valence-electron chi connectivity index (χ2n) is 12.4. The average Bonchev–Trinajstić information content (AvgIpc) is 3.86. The summed E-state index contributed by atoms with van der Waals surface area (Å²) in [6.07, 6.45) is 0. The molecule has 0 aliphatic heterocycles. The summed E-state index contributed by atoms with van der Waals surface area (Å²) in [5, 5.41) is 2.88. The highest BCUT2D eigenvalue weighted by Gasteiger charge is 2.21. The monoisotopic (exact) mass is 692 g/mol. The van der Waals surface area contributed by atoms with E-state index in [1.807, 2.05) is 48.5 Å². The van der Waals surface area contributed by atoms with E-state index in [0.29, 0.717) is 20.5 Å². The van der Waals surface area contributed by atoms with Gasteiger partial charge in [-0.1, -0.05) is 145 Å². The zero-order chi connectivity index (χ0) is 39.8. The molecule has 0 saturated heterocycles. The molecule has 0 amide bonds.